The van der Waals surface area contributed by atoms with Gasteiger partial charge in [0.2, 0.25) is 5.91 Å². The molecule has 1 aromatic rings. The van der Waals surface area contributed by atoms with Crippen molar-refractivity contribution in [2.75, 3.05) is 0 Å². The maximum absolute atomic E-state index is 11.0. The van der Waals surface area contributed by atoms with Gasteiger partial charge in [-0.3, -0.25) is 4.79 Å². The molecular formula is C10H10NO. The summed E-state index contributed by atoms with van der Waals surface area (Å²) in [5, 5.41) is 3.84. The van der Waals surface area contributed by atoms with Gasteiger partial charge in [-0.15, -0.1) is 6.58 Å². The molecule has 1 aromatic carbocycles. The van der Waals surface area contributed by atoms with Crippen molar-refractivity contribution in [2.45, 2.75) is 6.42 Å². The van der Waals surface area contributed by atoms with Gasteiger partial charge in [0.1, 0.15) is 0 Å². The second kappa shape index (κ2) is 4.34. The van der Waals surface area contributed by atoms with Crippen LogP contribution in [-0.2, 0) is 4.79 Å². The quantitative estimate of drug-likeness (QED) is 0.622. The summed E-state index contributed by atoms with van der Waals surface area (Å²) >= 11 is 0. The maximum Gasteiger partial charge on any atom is 0.250 e. The number of benzene rings is 1. The lowest BCUT2D eigenvalue weighted by Gasteiger charge is -1.97. The lowest BCUT2D eigenvalue weighted by molar-refractivity contribution is -0.119. The third-order valence-corrected chi connectivity index (χ3v) is 1.33. The Labute approximate surface area is 71.9 Å². The van der Waals surface area contributed by atoms with E-state index in [1.54, 1.807) is 18.2 Å². The summed E-state index contributed by atoms with van der Waals surface area (Å²) in [4.78, 5) is 11.0. The molecule has 1 rings (SSSR count). The first-order valence-electron chi connectivity index (χ1n) is 3.73. The average Bonchev–Trinajstić information content (AvgIpc) is 2.06. The van der Waals surface area contributed by atoms with Gasteiger partial charge in [-0.25, -0.2) is 5.32 Å². The Morgan fingerprint density at radius 1 is 1.42 bits per heavy atom. The number of nitrogens with zero attached hydrogens (tertiary/aromatic N) is 1. The monoisotopic (exact) mass is 160 g/mol. The van der Waals surface area contributed by atoms with Crippen molar-refractivity contribution < 1.29 is 4.79 Å². The second-order valence-electron chi connectivity index (χ2n) is 2.33. The number of para-hydroxylation sites is 1. The minimum atomic E-state index is -0.156. The second-order valence-corrected chi connectivity index (χ2v) is 2.33. The van der Waals surface area contributed by atoms with E-state index in [2.05, 4.69) is 11.9 Å². The zero-order valence-electron chi connectivity index (χ0n) is 6.73. The van der Waals surface area contributed by atoms with Crippen molar-refractivity contribution in [3.8, 4) is 0 Å². The van der Waals surface area contributed by atoms with Crippen molar-refractivity contribution in [2.24, 2.45) is 0 Å². The van der Waals surface area contributed by atoms with E-state index in [4.69, 9.17) is 0 Å². The summed E-state index contributed by atoms with van der Waals surface area (Å²) in [7, 11) is 0. The third-order valence-electron chi connectivity index (χ3n) is 1.33. The van der Waals surface area contributed by atoms with Crippen LogP contribution in [0, 0.1) is 0 Å². The molecule has 0 N–H and O–H groups in total. The molecule has 0 spiro atoms. The fourth-order valence-corrected chi connectivity index (χ4v) is 0.816. The van der Waals surface area contributed by atoms with Crippen LogP contribution >= 0.6 is 0 Å². The highest BCUT2D eigenvalue weighted by Gasteiger charge is 1.99. The summed E-state index contributed by atoms with van der Waals surface area (Å²) in [6, 6.07) is 9.17. The van der Waals surface area contributed by atoms with Crippen molar-refractivity contribution in [1.29, 1.82) is 0 Å². The minimum absolute atomic E-state index is 0.156. The van der Waals surface area contributed by atoms with Gasteiger partial charge >= 0.3 is 0 Å². The molecule has 0 unspecified atom stereocenters. The molecule has 0 saturated heterocycles. The number of hydrogen-bond donors (Lipinski definition) is 0. The number of rotatable bonds is 3. The molecule has 12 heavy (non-hydrogen) atoms. The molecule has 61 valence electrons. The van der Waals surface area contributed by atoms with Crippen molar-refractivity contribution >= 4 is 11.6 Å². The van der Waals surface area contributed by atoms with E-state index in [-0.39, 0.29) is 5.91 Å². The standard InChI is InChI=1S/C10H10NO/c1-2-6-10(12)11-9-7-4-3-5-8-9/h2-5,7-8H,1,6H2. The number of hydrogen-bond acceptors (Lipinski definition) is 1. The van der Waals surface area contributed by atoms with Crippen LogP contribution in [0.1, 0.15) is 6.42 Å². The highest BCUT2D eigenvalue weighted by molar-refractivity contribution is 5.81. The predicted octanol–water partition coefficient (Wildman–Crippen LogP) is 2.03. The fourth-order valence-electron chi connectivity index (χ4n) is 0.816. The molecule has 2 nitrogen and oxygen atoms in total. The zero-order chi connectivity index (χ0) is 8.81. The Morgan fingerprint density at radius 3 is 2.67 bits per heavy atom. The fraction of sp³-hybridized carbons (Fsp3) is 0.100. The van der Waals surface area contributed by atoms with Crippen LogP contribution in [0.4, 0.5) is 5.69 Å². The number of amides is 1. The Kier molecular flexibility index (Phi) is 3.08. The molecule has 1 radical (unpaired) electrons. The highest BCUT2D eigenvalue weighted by Crippen LogP contribution is 2.05. The summed E-state index contributed by atoms with van der Waals surface area (Å²) in [6.45, 7) is 3.46. The highest BCUT2D eigenvalue weighted by atomic mass is 16.1. The summed E-state index contributed by atoms with van der Waals surface area (Å²) in [5.41, 5.74) is 0.698. The molecule has 0 aliphatic carbocycles. The van der Waals surface area contributed by atoms with Gasteiger partial charge in [0.15, 0.2) is 0 Å². The van der Waals surface area contributed by atoms with Gasteiger partial charge < -0.3 is 0 Å². The molecule has 0 aromatic heterocycles. The van der Waals surface area contributed by atoms with Crippen molar-refractivity contribution in [1.82, 2.24) is 5.32 Å². The Bertz CT molecular complexity index is 266. The van der Waals surface area contributed by atoms with Crippen LogP contribution in [-0.4, -0.2) is 5.91 Å². The molecule has 0 bridgehead atoms. The molecule has 0 aliphatic rings. The lowest BCUT2D eigenvalue weighted by Crippen LogP contribution is -2.08. The number of carbonyl (C=O) groups is 1. The minimum Gasteiger partial charge on any atom is -0.272 e. The van der Waals surface area contributed by atoms with Gasteiger partial charge in [0, 0.05) is 6.42 Å². The molecule has 0 aliphatic heterocycles. The van der Waals surface area contributed by atoms with Gasteiger partial charge in [-0.1, -0.05) is 24.3 Å². The first kappa shape index (κ1) is 8.53. The van der Waals surface area contributed by atoms with Crippen LogP contribution in [0.2, 0.25) is 0 Å². The third kappa shape index (κ3) is 2.58. The van der Waals surface area contributed by atoms with E-state index in [1.165, 1.54) is 0 Å². The van der Waals surface area contributed by atoms with Crippen molar-refractivity contribution in [3.63, 3.8) is 0 Å². The van der Waals surface area contributed by atoms with E-state index in [1.807, 2.05) is 18.2 Å². The Hall–Kier alpha value is -1.57. The maximum atomic E-state index is 11.0. The lowest BCUT2D eigenvalue weighted by atomic mass is 10.3. The van der Waals surface area contributed by atoms with E-state index in [0.717, 1.165) is 0 Å². The SMILES string of the molecule is C=CCC(=O)[N]c1ccccc1. The predicted molar refractivity (Wildman–Crippen MR) is 48.1 cm³/mol. The van der Waals surface area contributed by atoms with Crippen LogP contribution in [0.5, 0.6) is 0 Å². The molecule has 0 saturated carbocycles. The first-order valence-corrected chi connectivity index (χ1v) is 3.73. The van der Waals surface area contributed by atoms with E-state index in [9.17, 15) is 4.79 Å². The van der Waals surface area contributed by atoms with Crippen LogP contribution in [0.25, 0.3) is 0 Å². The van der Waals surface area contributed by atoms with Crippen LogP contribution < -0.4 is 5.32 Å². The summed E-state index contributed by atoms with van der Waals surface area (Å²) < 4.78 is 0. The molecular weight excluding hydrogens is 150 g/mol. The topological polar surface area (TPSA) is 31.2 Å². The van der Waals surface area contributed by atoms with Gasteiger partial charge in [0.25, 0.3) is 0 Å². The molecule has 0 heterocycles. The smallest absolute Gasteiger partial charge is 0.250 e. The van der Waals surface area contributed by atoms with E-state index < -0.39 is 0 Å². The van der Waals surface area contributed by atoms with E-state index in [0.29, 0.717) is 12.1 Å². The first-order chi connectivity index (χ1) is 5.83. The number of carbonyl (C=O) groups excluding carboxylic acids is 1. The Morgan fingerprint density at radius 2 is 2.08 bits per heavy atom. The van der Waals surface area contributed by atoms with Crippen LogP contribution in [0.3, 0.4) is 0 Å². The Balaban J connectivity index is 2.52. The molecule has 2 heteroatoms. The van der Waals surface area contributed by atoms with Gasteiger partial charge in [0.05, 0.1) is 5.69 Å². The van der Waals surface area contributed by atoms with Crippen molar-refractivity contribution in [3.05, 3.63) is 43.0 Å². The molecule has 0 atom stereocenters. The normalized spacial score (nSPS) is 9.00. The largest absolute Gasteiger partial charge is 0.272 e. The van der Waals surface area contributed by atoms with Gasteiger partial charge in [-0.05, 0) is 12.1 Å². The van der Waals surface area contributed by atoms with E-state index >= 15 is 0 Å². The zero-order valence-corrected chi connectivity index (χ0v) is 6.73. The molecule has 0 fully saturated rings. The summed E-state index contributed by atoms with van der Waals surface area (Å²) in [5.74, 6) is -0.156. The average molecular weight is 160 g/mol. The summed E-state index contributed by atoms with van der Waals surface area (Å²) in [6.07, 6.45) is 1.85. The van der Waals surface area contributed by atoms with Gasteiger partial charge in [-0.2, -0.15) is 0 Å². The van der Waals surface area contributed by atoms with Crippen LogP contribution in [0.15, 0.2) is 43.0 Å². The molecule has 1 amide bonds.